The van der Waals surface area contributed by atoms with Crippen LogP contribution >= 0.6 is 11.5 Å². The standard InChI is InChI=1S/C11H10N4O2S/c1-6-9(18-15-14-6)11(17)13-8-4-2-7(3-5-8)10(12)16/h2-5H,1H3,(H2,12,16)(H,13,17). The molecule has 0 aliphatic heterocycles. The number of hydrogen-bond acceptors (Lipinski definition) is 5. The first-order valence-corrected chi connectivity index (χ1v) is 5.85. The first-order valence-electron chi connectivity index (χ1n) is 5.08. The van der Waals surface area contributed by atoms with E-state index in [1.54, 1.807) is 31.2 Å². The van der Waals surface area contributed by atoms with Crippen molar-refractivity contribution in [2.45, 2.75) is 6.92 Å². The average molecular weight is 262 g/mol. The fourth-order valence-corrected chi connectivity index (χ4v) is 1.90. The van der Waals surface area contributed by atoms with Crippen LogP contribution in [0, 0.1) is 6.92 Å². The zero-order valence-electron chi connectivity index (χ0n) is 9.51. The van der Waals surface area contributed by atoms with Gasteiger partial charge in [-0.25, -0.2) is 0 Å². The second-order valence-electron chi connectivity index (χ2n) is 3.58. The topological polar surface area (TPSA) is 98.0 Å². The third-order valence-corrected chi connectivity index (χ3v) is 3.11. The Morgan fingerprint density at radius 1 is 1.28 bits per heavy atom. The molecule has 0 aliphatic rings. The zero-order valence-corrected chi connectivity index (χ0v) is 10.3. The molecule has 7 heteroatoms. The number of hydrogen-bond donors (Lipinski definition) is 2. The highest BCUT2D eigenvalue weighted by Crippen LogP contribution is 2.14. The lowest BCUT2D eigenvalue weighted by Crippen LogP contribution is -2.13. The fourth-order valence-electron chi connectivity index (χ4n) is 1.35. The minimum absolute atomic E-state index is 0.269. The summed E-state index contributed by atoms with van der Waals surface area (Å²) in [5, 5.41) is 6.45. The molecule has 2 aromatic rings. The molecule has 1 aromatic heterocycles. The Labute approximate surface area is 107 Å². The van der Waals surface area contributed by atoms with E-state index in [1.165, 1.54) is 0 Å². The molecule has 1 aromatic carbocycles. The molecular formula is C11H10N4O2S. The number of nitrogens with one attached hydrogen (secondary N) is 1. The largest absolute Gasteiger partial charge is 0.366 e. The number of carbonyl (C=O) groups is 2. The Balaban J connectivity index is 2.13. The van der Waals surface area contributed by atoms with Gasteiger partial charge in [0.05, 0.1) is 5.69 Å². The molecule has 3 N–H and O–H groups in total. The van der Waals surface area contributed by atoms with Crippen molar-refractivity contribution in [3.05, 3.63) is 40.4 Å². The predicted octanol–water partition coefficient (Wildman–Crippen LogP) is 1.20. The SMILES string of the molecule is Cc1nnsc1C(=O)Nc1ccc(C(N)=O)cc1. The van der Waals surface area contributed by atoms with E-state index in [9.17, 15) is 9.59 Å². The Morgan fingerprint density at radius 2 is 1.94 bits per heavy atom. The van der Waals surface area contributed by atoms with E-state index in [0.717, 1.165) is 11.5 Å². The molecule has 2 amide bonds. The second kappa shape index (κ2) is 4.92. The molecule has 18 heavy (non-hydrogen) atoms. The van der Waals surface area contributed by atoms with Crippen LogP contribution in [-0.4, -0.2) is 21.4 Å². The average Bonchev–Trinajstić information content (AvgIpc) is 2.76. The Bertz CT molecular complexity index is 591. The second-order valence-corrected chi connectivity index (χ2v) is 4.34. The number of nitrogens with zero attached hydrogens (tertiary/aromatic N) is 2. The monoisotopic (exact) mass is 262 g/mol. The number of nitrogens with two attached hydrogens (primary N) is 1. The van der Waals surface area contributed by atoms with Crippen molar-refractivity contribution < 1.29 is 9.59 Å². The highest BCUT2D eigenvalue weighted by Gasteiger charge is 2.13. The molecule has 6 nitrogen and oxygen atoms in total. The first-order chi connectivity index (χ1) is 8.58. The molecule has 0 aliphatic carbocycles. The third-order valence-electron chi connectivity index (χ3n) is 2.29. The maximum atomic E-state index is 11.8. The molecule has 92 valence electrons. The van der Waals surface area contributed by atoms with Crippen molar-refractivity contribution in [1.29, 1.82) is 0 Å². The predicted molar refractivity (Wildman–Crippen MR) is 67.6 cm³/mol. The number of aromatic nitrogens is 2. The molecule has 0 radical (unpaired) electrons. The number of primary amides is 1. The van der Waals surface area contributed by atoms with Crippen LogP contribution in [0.4, 0.5) is 5.69 Å². The lowest BCUT2D eigenvalue weighted by Gasteiger charge is -2.04. The summed E-state index contributed by atoms with van der Waals surface area (Å²) in [6, 6.07) is 6.33. The number of rotatable bonds is 3. The van der Waals surface area contributed by atoms with Crippen molar-refractivity contribution in [3.8, 4) is 0 Å². The normalized spacial score (nSPS) is 10.1. The number of amides is 2. The molecule has 0 saturated carbocycles. The summed E-state index contributed by atoms with van der Waals surface area (Å²) in [4.78, 5) is 23.2. The maximum Gasteiger partial charge on any atom is 0.269 e. The van der Waals surface area contributed by atoms with Gasteiger partial charge in [-0.3, -0.25) is 9.59 Å². The minimum Gasteiger partial charge on any atom is -0.366 e. The van der Waals surface area contributed by atoms with Gasteiger partial charge in [0.1, 0.15) is 4.88 Å². The van der Waals surface area contributed by atoms with Crippen LogP contribution in [0.3, 0.4) is 0 Å². The van der Waals surface area contributed by atoms with E-state index in [0.29, 0.717) is 21.8 Å². The molecule has 0 bridgehead atoms. The quantitative estimate of drug-likeness (QED) is 0.868. The van der Waals surface area contributed by atoms with Crippen molar-refractivity contribution in [1.82, 2.24) is 9.59 Å². The summed E-state index contributed by atoms with van der Waals surface area (Å²) < 4.78 is 3.69. The van der Waals surface area contributed by atoms with E-state index in [2.05, 4.69) is 14.9 Å². The van der Waals surface area contributed by atoms with Crippen LogP contribution in [0.15, 0.2) is 24.3 Å². The van der Waals surface area contributed by atoms with Crippen molar-refractivity contribution in [2.75, 3.05) is 5.32 Å². The van der Waals surface area contributed by atoms with Gasteiger partial charge >= 0.3 is 0 Å². The van der Waals surface area contributed by atoms with E-state index in [-0.39, 0.29) is 5.91 Å². The maximum absolute atomic E-state index is 11.8. The van der Waals surface area contributed by atoms with Gasteiger partial charge in [0.15, 0.2) is 0 Å². The van der Waals surface area contributed by atoms with Gasteiger partial charge in [-0.2, -0.15) is 0 Å². The Morgan fingerprint density at radius 3 is 2.44 bits per heavy atom. The molecule has 0 spiro atoms. The first kappa shape index (κ1) is 12.2. The highest BCUT2D eigenvalue weighted by molar-refractivity contribution is 7.08. The Kier molecular flexibility index (Phi) is 3.33. The van der Waals surface area contributed by atoms with Crippen LogP contribution in [0.5, 0.6) is 0 Å². The van der Waals surface area contributed by atoms with Gasteiger partial charge in [-0.1, -0.05) is 4.49 Å². The number of aryl methyl sites for hydroxylation is 1. The van der Waals surface area contributed by atoms with Crippen LogP contribution in [0.1, 0.15) is 25.7 Å². The van der Waals surface area contributed by atoms with Gasteiger partial charge in [-0.15, -0.1) is 5.10 Å². The van der Waals surface area contributed by atoms with Crippen LogP contribution < -0.4 is 11.1 Å². The van der Waals surface area contributed by atoms with Crippen molar-refractivity contribution >= 4 is 29.0 Å². The summed E-state index contributed by atoms with van der Waals surface area (Å²) in [6.45, 7) is 1.72. The molecule has 1 heterocycles. The van der Waals surface area contributed by atoms with Gasteiger partial charge in [-0.05, 0) is 42.7 Å². The summed E-state index contributed by atoms with van der Waals surface area (Å²) in [7, 11) is 0. The number of anilines is 1. The van der Waals surface area contributed by atoms with Crippen LogP contribution in [0.25, 0.3) is 0 Å². The van der Waals surface area contributed by atoms with E-state index >= 15 is 0 Å². The molecule has 0 saturated heterocycles. The van der Waals surface area contributed by atoms with Gasteiger partial charge in [0.25, 0.3) is 5.91 Å². The summed E-state index contributed by atoms with van der Waals surface area (Å²) in [5.41, 5.74) is 6.68. The number of benzene rings is 1. The van der Waals surface area contributed by atoms with E-state index < -0.39 is 5.91 Å². The fraction of sp³-hybridized carbons (Fsp3) is 0.0909. The summed E-state index contributed by atoms with van der Waals surface area (Å²) in [5.74, 6) is -0.773. The summed E-state index contributed by atoms with van der Waals surface area (Å²) >= 11 is 1.04. The third kappa shape index (κ3) is 2.51. The summed E-state index contributed by atoms with van der Waals surface area (Å²) in [6.07, 6.45) is 0. The van der Waals surface area contributed by atoms with Gasteiger partial charge < -0.3 is 11.1 Å². The molecule has 0 atom stereocenters. The lowest BCUT2D eigenvalue weighted by atomic mass is 10.2. The van der Waals surface area contributed by atoms with E-state index in [1.807, 2.05) is 0 Å². The lowest BCUT2D eigenvalue weighted by molar-refractivity contribution is 0.0998. The molecule has 0 unspecified atom stereocenters. The van der Waals surface area contributed by atoms with E-state index in [4.69, 9.17) is 5.73 Å². The van der Waals surface area contributed by atoms with Gasteiger partial charge in [0.2, 0.25) is 5.91 Å². The van der Waals surface area contributed by atoms with Gasteiger partial charge in [0, 0.05) is 11.3 Å². The van der Waals surface area contributed by atoms with Crippen molar-refractivity contribution in [3.63, 3.8) is 0 Å². The Hall–Kier alpha value is -2.28. The highest BCUT2D eigenvalue weighted by atomic mass is 32.1. The van der Waals surface area contributed by atoms with Crippen LogP contribution in [-0.2, 0) is 0 Å². The molecule has 2 rings (SSSR count). The zero-order chi connectivity index (χ0) is 13.1. The molecule has 0 fully saturated rings. The smallest absolute Gasteiger partial charge is 0.269 e. The minimum atomic E-state index is -0.504. The number of carbonyl (C=O) groups excluding carboxylic acids is 2. The van der Waals surface area contributed by atoms with Crippen LogP contribution in [0.2, 0.25) is 0 Å². The van der Waals surface area contributed by atoms with Crippen molar-refractivity contribution in [2.24, 2.45) is 5.73 Å². The molecular weight excluding hydrogens is 252 g/mol.